The van der Waals surface area contributed by atoms with Crippen molar-refractivity contribution in [2.45, 2.75) is 38.3 Å². The summed E-state index contributed by atoms with van der Waals surface area (Å²) in [5.41, 5.74) is 0.823. The molecule has 0 unspecified atom stereocenters. The lowest BCUT2D eigenvalue weighted by Gasteiger charge is -2.37. The molecule has 108 valence electrons. The Kier molecular flexibility index (Phi) is 4.14. The van der Waals surface area contributed by atoms with Crippen LogP contribution >= 0.6 is 11.3 Å². The highest BCUT2D eigenvalue weighted by molar-refractivity contribution is 7.15. The van der Waals surface area contributed by atoms with E-state index in [-0.39, 0.29) is 12.2 Å². The SMILES string of the molecule is O=c1cc(CN(CCCO)C2CCC2)nc2sccn12. The first kappa shape index (κ1) is 13.7. The maximum Gasteiger partial charge on any atom is 0.258 e. The second-order valence-corrected chi connectivity index (χ2v) is 6.15. The number of thiazole rings is 1. The molecule has 1 fully saturated rings. The molecule has 1 N–H and O–H groups in total. The molecule has 1 saturated carbocycles. The average molecular weight is 293 g/mol. The third-order valence-corrected chi connectivity index (χ3v) is 4.67. The second kappa shape index (κ2) is 6.03. The van der Waals surface area contributed by atoms with E-state index in [9.17, 15) is 4.79 Å². The first-order valence-corrected chi connectivity index (χ1v) is 7.96. The summed E-state index contributed by atoms with van der Waals surface area (Å²) in [5.74, 6) is 0. The Morgan fingerprint density at radius 2 is 2.35 bits per heavy atom. The maximum absolute atomic E-state index is 12.0. The van der Waals surface area contributed by atoms with Crippen LogP contribution in [-0.4, -0.2) is 38.6 Å². The highest BCUT2D eigenvalue weighted by Crippen LogP contribution is 2.26. The van der Waals surface area contributed by atoms with Crippen LogP contribution in [0.15, 0.2) is 22.4 Å². The zero-order valence-electron chi connectivity index (χ0n) is 11.4. The Morgan fingerprint density at radius 3 is 3.05 bits per heavy atom. The van der Waals surface area contributed by atoms with Crippen molar-refractivity contribution >= 4 is 16.3 Å². The van der Waals surface area contributed by atoms with Crippen molar-refractivity contribution in [1.82, 2.24) is 14.3 Å². The lowest BCUT2D eigenvalue weighted by atomic mass is 9.91. The van der Waals surface area contributed by atoms with Crippen molar-refractivity contribution in [2.24, 2.45) is 0 Å². The topological polar surface area (TPSA) is 57.8 Å². The molecule has 0 spiro atoms. The van der Waals surface area contributed by atoms with Gasteiger partial charge in [0.25, 0.3) is 5.56 Å². The summed E-state index contributed by atoms with van der Waals surface area (Å²) in [6, 6.07) is 2.22. The van der Waals surface area contributed by atoms with E-state index in [1.54, 1.807) is 16.7 Å². The summed E-state index contributed by atoms with van der Waals surface area (Å²) in [6.45, 7) is 1.78. The second-order valence-electron chi connectivity index (χ2n) is 5.27. The van der Waals surface area contributed by atoms with Gasteiger partial charge >= 0.3 is 0 Å². The van der Waals surface area contributed by atoms with E-state index < -0.39 is 0 Å². The van der Waals surface area contributed by atoms with E-state index in [1.165, 1.54) is 30.6 Å². The molecule has 5 nitrogen and oxygen atoms in total. The van der Waals surface area contributed by atoms with E-state index in [0.717, 1.165) is 23.6 Å². The fraction of sp³-hybridized carbons (Fsp3) is 0.571. The van der Waals surface area contributed by atoms with Gasteiger partial charge in [0.1, 0.15) is 0 Å². The van der Waals surface area contributed by atoms with Crippen LogP contribution in [-0.2, 0) is 6.54 Å². The molecule has 0 saturated heterocycles. The Balaban J connectivity index is 1.79. The van der Waals surface area contributed by atoms with Crippen molar-refractivity contribution in [3.05, 3.63) is 33.7 Å². The molecular weight excluding hydrogens is 274 g/mol. The third-order valence-electron chi connectivity index (χ3n) is 3.92. The van der Waals surface area contributed by atoms with E-state index in [2.05, 4.69) is 9.88 Å². The number of rotatable bonds is 6. The Hall–Kier alpha value is -1.24. The number of aliphatic hydroxyl groups excluding tert-OH is 1. The van der Waals surface area contributed by atoms with Crippen molar-refractivity contribution < 1.29 is 5.11 Å². The number of aliphatic hydroxyl groups is 1. The molecule has 0 atom stereocenters. The predicted octanol–water partition coefficient (Wildman–Crippen LogP) is 1.49. The minimum Gasteiger partial charge on any atom is -0.396 e. The molecule has 2 heterocycles. The number of hydrogen-bond donors (Lipinski definition) is 1. The summed E-state index contributed by atoms with van der Waals surface area (Å²) in [5, 5.41) is 10.9. The minimum absolute atomic E-state index is 0.0121. The number of fused-ring (bicyclic) bond motifs is 1. The van der Waals surface area contributed by atoms with Gasteiger partial charge in [0.05, 0.1) is 5.69 Å². The zero-order valence-corrected chi connectivity index (χ0v) is 12.2. The summed E-state index contributed by atoms with van der Waals surface area (Å²) < 4.78 is 1.58. The molecule has 2 aromatic rings. The molecule has 1 aliphatic rings. The maximum atomic E-state index is 12.0. The van der Waals surface area contributed by atoms with Gasteiger partial charge in [-0.3, -0.25) is 14.1 Å². The van der Waals surface area contributed by atoms with Gasteiger partial charge in [-0.1, -0.05) is 6.42 Å². The first-order valence-electron chi connectivity index (χ1n) is 7.08. The van der Waals surface area contributed by atoms with E-state index >= 15 is 0 Å². The van der Waals surface area contributed by atoms with Crippen LogP contribution in [0.5, 0.6) is 0 Å². The van der Waals surface area contributed by atoms with Gasteiger partial charge < -0.3 is 5.11 Å². The van der Waals surface area contributed by atoms with E-state index in [1.807, 2.05) is 5.38 Å². The first-order chi connectivity index (χ1) is 9.78. The third kappa shape index (κ3) is 2.77. The molecule has 0 amide bonds. The fourth-order valence-electron chi connectivity index (χ4n) is 2.59. The highest BCUT2D eigenvalue weighted by Gasteiger charge is 2.25. The smallest absolute Gasteiger partial charge is 0.258 e. The van der Waals surface area contributed by atoms with Crippen LogP contribution in [0.2, 0.25) is 0 Å². The summed E-state index contributed by atoms with van der Waals surface area (Å²) in [4.78, 5) is 19.6. The van der Waals surface area contributed by atoms with Crippen molar-refractivity contribution in [3.8, 4) is 0 Å². The molecule has 0 bridgehead atoms. The molecule has 2 aromatic heterocycles. The van der Waals surface area contributed by atoms with Crippen LogP contribution < -0.4 is 5.56 Å². The quantitative estimate of drug-likeness (QED) is 0.877. The van der Waals surface area contributed by atoms with Crippen LogP contribution in [0.1, 0.15) is 31.4 Å². The minimum atomic E-state index is -0.0121. The Morgan fingerprint density at radius 1 is 1.50 bits per heavy atom. The van der Waals surface area contributed by atoms with Gasteiger partial charge in [-0.15, -0.1) is 11.3 Å². The van der Waals surface area contributed by atoms with Gasteiger partial charge in [-0.2, -0.15) is 0 Å². The monoisotopic (exact) mass is 293 g/mol. The Labute approximate surface area is 121 Å². The molecule has 1 aliphatic carbocycles. The zero-order chi connectivity index (χ0) is 13.9. The predicted molar refractivity (Wildman–Crippen MR) is 79.1 cm³/mol. The van der Waals surface area contributed by atoms with Crippen LogP contribution in [0.25, 0.3) is 4.96 Å². The van der Waals surface area contributed by atoms with Gasteiger partial charge in [-0.25, -0.2) is 4.98 Å². The van der Waals surface area contributed by atoms with Gasteiger partial charge in [-0.05, 0) is 19.3 Å². The van der Waals surface area contributed by atoms with Crippen molar-refractivity contribution in [3.63, 3.8) is 0 Å². The van der Waals surface area contributed by atoms with E-state index in [4.69, 9.17) is 5.11 Å². The Bertz CT molecular complexity index is 633. The molecule has 0 radical (unpaired) electrons. The van der Waals surface area contributed by atoms with Gasteiger partial charge in [0.15, 0.2) is 4.96 Å². The van der Waals surface area contributed by atoms with Gasteiger partial charge in [0, 0.05) is 43.4 Å². The molecule has 0 aliphatic heterocycles. The molecule has 3 rings (SSSR count). The van der Waals surface area contributed by atoms with Crippen molar-refractivity contribution in [2.75, 3.05) is 13.2 Å². The summed E-state index contributed by atoms with van der Waals surface area (Å²) >= 11 is 1.48. The largest absolute Gasteiger partial charge is 0.396 e. The average Bonchev–Trinajstić information content (AvgIpc) is 2.82. The fourth-order valence-corrected chi connectivity index (χ4v) is 3.33. The molecule has 0 aromatic carbocycles. The number of hydrogen-bond acceptors (Lipinski definition) is 5. The molecular formula is C14H19N3O2S. The van der Waals surface area contributed by atoms with Crippen LogP contribution in [0.3, 0.4) is 0 Å². The highest BCUT2D eigenvalue weighted by atomic mass is 32.1. The molecule has 6 heteroatoms. The summed E-state index contributed by atoms with van der Waals surface area (Å²) in [6.07, 6.45) is 6.24. The number of aromatic nitrogens is 2. The van der Waals surface area contributed by atoms with Crippen molar-refractivity contribution in [1.29, 1.82) is 0 Å². The standard InChI is InChI=1S/C14H19N3O2S/c18-7-2-5-16(12-3-1-4-12)10-11-9-13(19)17-6-8-20-14(17)15-11/h6,8-9,12,18H,1-5,7,10H2. The summed E-state index contributed by atoms with van der Waals surface area (Å²) in [7, 11) is 0. The lowest BCUT2D eigenvalue weighted by Crippen LogP contribution is -2.40. The normalized spacial score (nSPS) is 15.9. The van der Waals surface area contributed by atoms with Crippen LogP contribution in [0, 0.1) is 0 Å². The number of nitrogens with zero attached hydrogens (tertiary/aromatic N) is 3. The molecule has 20 heavy (non-hydrogen) atoms. The van der Waals surface area contributed by atoms with Gasteiger partial charge in [0.2, 0.25) is 0 Å². The van der Waals surface area contributed by atoms with E-state index in [0.29, 0.717) is 12.6 Å². The lowest BCUT2D eigenvalue weighted by molar-refractivity contribution is 0.108. The van der Waals surface area contributed by atoms with Crippen LogP contribution in [0.4, 0.5) is 0 Å².